The van der Waals surface area contributed by atoms with Crippen LogP contribution in [0.2, 0.25) is 0 Å². The van der Waals surface area contributed by atoms with Crippen molar-refractivity contribution in [2.24, 2.45) is 0 Å². The van der Waals surface area contributed by atoms with Gasteiger partial charge in [-0.1, -0.05) is 18.2 Å². The molecule has 0 radical (unpaired) electrons. The van der Waals surface area contributed by atoms with Crippen LogP contribution in [0, 0.1) is 6.92 Å². The van der Waals surface area contributed by atoms with Crippen molar-refractivity contribution in [1.82, 2.24) is 9.80 Å². The second-order valence-electron chi connectivity index (χ2n) is 10.3. The molecule has 4 aliphatic rings. The number of fused-ring (bicyclic) bond motifs is 3. The van der Waals surface area contributed by atoms with E-state index < -0.39 is 12.2 Å². The van der Waals surface area contributed by atoms with E-state index in [-0.39, 0.29) is 24.6 Å². The van der Waals surface area contributed by atoms with Gasteiger partial charge in [0.2, 0.25) is 0 Å². The zero-order valence-electron chi connectivity index (χ0n) is 19.9. The maximum absolute atomic E-state index is 12.0. The Morgan fingerprint density at radius 3 is 2.37 bits per heavy atom. The molecule has 2 fully saturated rings. The van der Waals surface area contributed by atoms with Crippen molar-refractivity contribution in [3.8, 4) is 0 Å². The molecule has 8 heteroatoms. The first-order valence-corrected chi connectivity index (χ1v) is 12.3. The number of aliphatic hydroxyl groups is 2. The molecule has 0 spiro atoms. The van der Waals surface area contributed by atoms with Gasteiger partial charge in [0.25, 0.3) is 0 Å². The summed E-state index contributed by atoms with van der Waals surface area (Å²) < 4.78 is 10.4. The number of nitrogens with zero attached hydrogens (tertiary/aromatic N) is 2. The molecule has 0 saturated carbocycles. The second kappa shape index (κ2) is 8.41. The van der Waals surface area contributed by atoms with Crippen molar-refractivity contribution >= 4 is 11.9 Å². The minimum Gasteiger partial charge on any atom is -0.459 e. The van der Waals surface area contributed by atoms with Gasteiger partial charge in [0, 0.05) is 50.2 Å². The molecule has 8 nitrogen and oxygen atoms in total. The minimum absolute atomic E-state index is 0.147. The number of carbonyl (C=O) groups is 2. The SMILES string of the molecule is Cc1c([C@@H](O)CN2CC3C2CN3C[C@H](O)c2ccc3c(c2)C[C@@H](C)OC3=O)ccc2c1COC2=O. The number of likely N-dealkylation sites (tertiary alicyclic amines) is 2. The number of ether oxygens (including phenoxy) is 2. The Morgan fingerprint density at radius 1 is 0.971 bits per heavy atom. The predicted molar refractivity (Wildman–Crippen MR) is 126 cm³/mol. The summed E-state index contributed by atoms with van der Waals surface area (Å²) in [5, 5.41) is 21.8. The molecule has 4 aliphatic heterocycles. The highest BCUT2D eigenvalue weighted by molar-refractivity contribution is 5.94. The molecule has 6 rings (SSSR count). The Morgan fingerprint density at radius 2 is 1.66 bits per heavy atom. The van der Waals surface area contributed by atoms with Gasteiger partial charge in [0.05, 0.1) is 23.3 Å². The highest BCUT2D eigenvalue weighted by atomic mass is 16.5. The monoisotopic (exact) mass is 478 g/mol. The molecular formula is C27H30N2O6. The minimum atomic E-state index is -0.624. The highest BCUT2D eigenvalue weighted by Crippen LogP contribution is 2.37. The first-order valence-electron chi connectivity index (χ1n) is 12.3. The van der Waals surface area contributed by atoms with Gasteiger partial charge in [-0.3, -0.25) is 9.80 Å². The predicted octanol–water partition coefficient (Wildman–Crippen LogP) is 1.90. The number of hydrogen-bond acceptors (Lipinski definition) is 8. The van der Waals surface area contributed by atoms with Gasteiger partial charge in [0.15, 0.2) is 0 Å². The standard InChI is InChI=1S/C27H30N2O6/c1-14-7-17-8-16(3-4-19(17)27(33)35-14)24(30)11-28-9-23-22(28)10-29(23)12-25(31)18-5-6-20-21(15(18)2)13-34-26(20)32/h3-6,8,14,22-25,30-31H,7,9-13H2,1-2H3/t14-,22?,23?,24+,25+/m1/s1. The molecule has 0 aliphatic carbocycles. The number of rotatable bonds is 6. The summed E-state index contributed by atoms with van der Waals surface area (Å²) in [6, 6.07) is 9.88. The van der Waals surface area contributed by atoms with Crippen molar-refractivity contribution in [2.45, 2.75) is 57.3 Å². The molecule has 5 atom stereocenters. The molecule has 2 saturated heterocycles. The Balaban J connectivity index is 1.04. The number of cyclic esters (lactones) is 2. The quantitative estimate of drug-likeness (QED) is 0.608. The lowest BCUT2D eigenvalue weighted by molar-refractivity contribution is -0.144. The molecule has 4 heterocycles. The van der Waals surface area contributed by atoms with Crippen LogP contribution in [0.1, 0.15) is 67.7 Å². The van der Waals surface area contributed by atoms with Crippen molar-refractivity contribution in [3.63, 3.8) is 0 Å². The lowest BCUT2D eigenvalue weighted by Gasteiger charge is -2.62. The summed E-state index contributed by atoms with van der Waals surface area (Å²) in [4.78, 5) is 28.4. The van der Waals surface area contributed by atoms with Crippen LogP contribution >= 0.6 is 0 Å². The fourth-order valence-electron chi connectivity index (χ4n) is 6.02. The molecule has 2 aromatic rings. The Hall–Kier alpha value is -2.78. The van der Waals surface area contributed by atoms with Crippen LogP contribution in [0.15, 0.2) is 30.3 Å². The van der Waals surface area contributed by atoms with Gasteiger partial charge in [-0.15, -0.1) is 0 Å². The molecule has 0 aromatic heterocycles. The third-order valence-corrected chi connectivity index (χ3v) is 8.16. The van der Waals surface area contributed by atoms with E-state index in [2.05, 4.69) is 9.80 Å². The van der Waals surface area contributed by atoms with E-state index in [4.69, 9.17) is 9.47 Å². The maximum atomic E-state index is 12.0. The molecule has 2 aromatic carbocycles. The van der Waals surface area contributed by atoms with Crippen LogP contribution in [0.25, 0.3) is 0 Å². The number of benzene rings is 2. The third kappa shape index (κ3) is 3.76. The van der Waals surface area contributed by atoms with Crippen molar-refractivity contribution < 1.29 is 29.3 Å². The van der Waals surface area contributed by atoms with E-state index in [0.29, 0.717) is 42.7 Å². The van der Waals surface area contributed by atoms with Crippen LogP contribution in [-0.2, 0) is 22.5 Å². The number of β-amino-alcohol motifs (C(OH)–C–C–N with tert-alkyl or cyclic N) is 2. The van der Waals surface area contributed by atoms with Gasteiger partial charge >= 0.3 is 11.9 Å². The fourth-order valence-corrected chi connectivity index (χ4v) is 6.02. The summed E-state index contributed by atoms with van der Waals surface area (Å²) in [6.07, 6.45) is -0.721. The van der Waals surface area contributed by atoms with Crippen LogP contribution in [0.4, 0.5) is 0 Å². The number of aliphatic hydroxyl groups excluding tert-OH is 2. The normalized spacial score (nSPS) is 27.0. The third-order valence-electron chi connectivity index (χ3n) is 8.16. The number of esters is 2. The summed E-state index contributed by atoms with van der Waals surface area (Å²) in [6.45, 7) is 6.90. The maximum Gasteiger partial charge on any atom is 0.338 e. The van der Waals surface area contributed by atoms with Crippen LogP contribution in [0.3, 0.4) is 0 Å². The van der Waals surface area contributed by atoms with Gasteiger partial charge in [-0.25, -0.2) is 9.59 Å². The van der Waals surface area contributed by atoms with E-state index in [9.17, 15) is 19.8 Å². The topological polar surface area (TPSA) is 99.5 Å². The van der Waals surface area contributed by atoms with Gasteiger partial charge < -0.3 is 19.7 Å². The average Bonchev–Trinajstić information content (AvgIpc) is 3.20. The van der Waals surface area contributed by atoms with Gasteiger partial charge in [0.1, 0.15) is 12.7 Å². The lowest BCUT2D eigenvalue weighted by Crippen LogP contribution is -2.79. The molecule has 35 heavy (non-hydrogen) atoms. The molecule has 0 bridgehead atoms. The summed E-state index contributed by atoms with van der Waals surface area (Å²) in [7, 11) is 0. The molecule has 0 amide bonds. The van der Waals surface area contributed by atoms with Gasteiger partial charge in [-0.05, 0) is 48.2 Å². The molecular weight excluding hydrogens is 448 g/mol. The zero-order valence-corrected chi connectivity index (χ0v) is 19.9. The number of piperazine rings is 1. The lowest BCUT2D eigenvalue weighted by atomic mass is 9.83. The second-order valence-corrected chi connectivity index (χ2v) is 10.3. The fraction of sp³-hybridized carbons (Fsp3) is 0.481. The zero-order chi connectivity index (χ0) is 24.4. The van der Waals surface area contributed by atoms with Gasteiger partial charge in [-0.2, -0.15) is 0 Å². The number of carbonyl (C=O) groups excluding carboxylic acids is 2. The van der Waals surface area contributed by atoms with Crippen molar-refractivity contribution in [3.05, 3.63) is 69.3 Å². The molecule has 184 valence electrons. The highest BCUT2D eigenvalue weighted by Gasteiger charge is 2.51. The summed E-state index contributed by atoms with van der Waals surface area (Å²) in [5.41, 5.74) is 5.62. The van der Waals surface area contributed by atoms with E-state index >= 15 is 0 Å². The molecule has 2 N–H and O–H groups in total. The Bertz CT molecular complexity index is 1210. The van der Waals surface area contributed by atoms with Crippen molar-refractivity contribution in [2.75, 3.05) is 26.2 Å². The average molecular weight is 479 g/mol. The Kier molecular flexibility index (Phi) is 5.45. The molecule has 2 unspecified atom stereocenters. The Labute approximate surface area is 204 Å². The van der Waals surface area contributed by atoms with E-state index in [1.807, 2.05) is 32.0 Å². The van der Waals surface area contributed by atoms with Crippen molar-refractivity contribution in [1.29, 1.82) is 0 Å². The van der Waals surface area contributed by atoms with Crippen LogP contribution in [-0.4, -0.2) is 76.3 Å². The van der Waals surface area contributed by atoms with Crippen LogP contribution < -0.4 is 0 Å². The summed E-state index contributed by atoms with van der Waals surface area (Å²) >= 11 is 0. The number of hydrogen-bond donors (Lipinski definition) is 2. The first kappa shape index (κ1) is 22.7. The van der Waals surface area contributed by atoms with E-state index in [0.717, 1.165) is 40.9 Å². The van der Waals surface area contributed by atoms with E-state index in [1.165, 1.54) is 0 Å². The smallest absolute Gasteiger partial charge is 0.338 e. The van der Waals surface area contributed by atoms with E-state index in [1.54, 1.807) is 12.1 Å². The summed E-state index contributed by atoms with van der Waals surface area (Å²) in [5.74, 6) is -0.585. The first-order chi connectivity index (χ1) is 16.8. The van der Waals surface area contributed by atoms with Crippen LogP contribution in [0.5, 0.6) is 0 Å². The largest absolute Gasteiger partial charge is 0.459 e.